The molecule has 5 heteroatoms. The van der Waals surface area contributed by atoms with E-state index in [1.165, 1.54) is 0 Å². The monoisotopic (exact) mass is 220 g/mol. The van der Waals surface area contributed by atoms with Crippen molar-refractivity contribution in [2.45, 2.75) is 13.3 Å². The largest absolute Gasteiger partial charge is 0.439 e. The molecule has 16 heavy (non-hydrogen) atoms. The molecule has 0 amide bonds. The molecular formula is C11H16N4O. The maximum atomic E-state index is 5.60. The lowest BCUT2D eigenvalue weighted by Gasteiger charge is -1.96. The first-order chi connectivity index (χ1) is 7.79. The van der Waals surface area contributed by atoms with Crippen LogP contribution in [0.3, 0.4) is 0 Å². The molecule has 0 saturated heterocycles. The summed E-state index contributed by atoms with van der Waals surface area (Å²) in [4.78, 5) is 4.22. The first kappa shape index (κ1) is 10.9. The summed E-state index contributed by atoms with van der Waals surface area (Å²) >= 11 is 0. The third kappa shape index (κ3) is 2.49. The van der Waals surface area contributed by atoms with Gasteiger partial charge in [0.1, 0.15) is 5.69 Å². The maximum absolute atomic E-state index is 5.60. The molecule has 86 valence electrons. The van der Waals surface area contributed by atoms with Crippen LogP contribution in [0.4, 0.5) is 0 Å². The second-order valence-electron chi connectivity index (χ2n) is 3.60. The third-order valence-electron chi connectivity index (χ3n) is 2.29. The average Bonchev–Trinajstić information content (AvgIpc) is 2.87. The predicted molar refractivity (Wildman–Crippen MR) is 61.0 cm³/mol. The lowest BCUT2D eigenvalue weighted by molar-refractivity contribution is 0.495. The van der Waals surface area contributed by atoms with E-state index in [2.05, 4.69) is 22.3 Å². The average molecular weight is 220 g/mol. The minimum absolute atomic E-state index is 0.729. The summed E-state index contributed by atoms with van der Waals surface area (Å²) in [7, 11) is 1.88. The first-order valence-corrected chi connectivity index (χ1v) is 5.45. The highest BCUT2D eigenvalue weighted by atomic mass is 16.4. The molecule has 2 heterocycles. The van der Waals surface area contributed by atoms with Crippen molar-refractivity contribution in [3.05, 3.63) is 24.4 Å². The molecule has 0 radical (unpaired) electrons. The molecular weight excluding hydrogens is 204 g/mol. The Bertz CT molecular complexity index is 446. The van der Waals surface area contributed by atoms with Crippen LogP contribution in [-0.4, -0.2) is 27.9 Å². The SMILES string of the molecule is CCNCCc1ncc(-c2ccn(C)n2)o1. The van der Waals surface area contributed by atoms with Gasteiger partial charge in [-0.25, -0.2) is 4.98 Å². The quantitative estimate of drug-likeness (QED) is 0.770. The van der Waals surface area contributed by atoms with Gasteiger partial charge in [-0.15, -0.1) is 0 Å². The number of likely N-dealkylation sites (N-methyl/N-ethyl adjacent to an activating group) is 1. The first-order valence-electron chi connectivity index (χ1n) is 5.45. The molecule has 0 aliphatic heterocycles. The summed E-state index contributed by atoms with van der Waals surface area (Å²) in [5, 5.41) is 7.49. The fourth-order valence-electron chi connectivity index (χ4n) is 1.46. The summed E-state index contributed by atoms with van der Waals surface area (Å²) in [6, 6.07) is 1.91. The van der Waals surface area contributed by atoms with E-state index < -0.39 is 0 Å². The highest BCUT2D eigenvalue weighted by Gasteiger charge is 2.08. The van der Waals surface area contributed by atoms with Crippen LogP contribution in [0.1, 0.15) is 12.8 Å². The van der Waals surface area contributed by atoms with Crippen LogP contribution >= 0.6 is 0 Å². The summed E-state index contributed by atoms with van der Waals surface area (Å²) in [6.07, 6.45) is 4.42. The molecule has 0 aliphatic carbocycles. The van der Waals surface area contributed by atoms with E-state index in [-0.39, 0.29) is 0 Å². The summed E-state index contributed by atoms with van der Waals surface area (Å²) < 4.78 is 7.35. The van der Waals surface area contributed by atoms with Gasteiger partial charge in [-0.3, -0.25) is 4.68 Å². The molecule has 0 bridgehead atoms. The van der Waals surface area contributed by atoms with E-state index >= 15 is 0 Å². The van der Waals surface area contributed by atoms with E-state index in [1.54, 1.807) is 10.9 Å². The van der Waals surface area contributed by atoms with Crippen LogP contribution in [0, 0.1) is 0 Å². The zero-order chi connectivity index (χ0) is 11.4. The van der Waals surface area contributed by atoms with Gasteiger partial charge in [-0.05, 0) is 12.6 Å². The zero-order valence-corrected chi connectivity index (χ0v) is 9.60. The Labute approximate surface area is 94.5 Å². The zero-order valence-electron chi connectivity index (χ0n) is 9.60. The summed E-state index contributed by atoms with van der Waals surface area (Å²) in [5.74, 6) is 1.48. The van der Waals surface area contributed by atoms with Crippen molar-refractivity contribution < 1.29 is 4.42 Å². The van der Waals surface area contributed by atoms with E-state index in [0.717, 1.165) is 36.9 Å². The Morgan fingerprint density at radius 3 is 3.06 bits per heavy atom. The Morgan fingerprint density at radius 2 is 2.38 bits per heavy atom. The number of rotatable bonds is 5. The van der Waals surface area contributed by atoms with Crippen LogP contribution in [-0.2, 0) is 13.5 Å². The predicted octanol–water partition coefficient (Wildman–Crippen LogP) is 1.23. The van der Waals surface area contributed by atoms with Gasteiger partial charge in [0.25, 0.3) is 0 Å². The Morgan fingerprint density at radius 1 is 1.50 bits per heavy atom. The lowest BCUT2D eigenvalue weighted by Crippen LogP contribution is -2.16. The Balaban J connectivity index is 2.02. The Hall–Kier alpha value is -1.62. The molecule has 2 rings (SSSR count). The molecule has 0 fully saturated rings. The lowest BCUT2D eigenvalue weighted by atomic mass is 10.4. The second kappa shape index (κ2) is 4.94. The molecule has 5 nitrogen and oxygen atoms in total. The minimum Gasteiger partial charge on any atom is -0.439 e. The van der Waals surface area contributed by atoms with Gasteiger partial charge in [0, 0.05) is 26.2 Å². The third-order valence-corrected chi connectivity index (χ3v) is 2.29. The normalized spacial score (nSPS) is 10.9. The van der Waals surface area contributed by atoms with Crippen LogP contribution in [0.25, 0.3) is 11.5 Å². The molecule has 0 aliphatic rings. The van der Waals surface area contributed by atoms with E-state index in [4.69, 9.17) is 4.42 Å². The van der Waals surface area contributed by atoms with E-state index in [9.17, 15) is 0 Å². The number of nitrogens with one attached hydrogen (secondary N) is 1. The van der Waals surface area contributed by atoms with Gasteiger partial charge in [0.2, 0.25) is 0 Å². The van der Waals surface area contributed by atoms with Gasteiger partial charge in [-0.2, -0.15) is 5.10 Å². The maximum Gasteiger partial charge on any atom is 0.196 e. The van der Waals surface area contributed by atoms with E-state index in [0.29, 0.717) is 0 Å². The van der Waals surface area contributed by atoms with Crippen LogP contribution < -0.4 is 5.32 Å². The molecule has 0 aromatic carbocycles. The van der Waals surface area contributed by atoms with Crippen molar-refractivity contribution in [1.29, 1.82) is 0 Å². The van der Waals surface area contributed by atoms with Gasteiger partial charge < -0.3 is 9.73 Å². The van der Waals surface area contributed by atoms with Crippen LogP contribution in [0.15, 0.2) is 22.9 Å². The second-order valence-corrected chi connectivity index (χ2v) is 3.60. The fraction of sp³-hybridized carbons (Fsp3) is 0.455. The van der Waals surface area contributed by atoms with Crippen LogP contribution in [0.2, 0.25) is 0 Å². The van der Waals surface area contributed by atoms with Crippen LogP contribution in [0.5, 0.6) is 0 Å². The smallest absolute Gasteiger partial charge is 0.196 e. The Kier molecular flexibility index (Phi) is 3.36. The van der Waals surface area contributed by atoms with Gasteiger partial charge in [0.05, 0.1) is 6.20 Å². The van der Waals surface area contributed by atoms with Gasteiger partial charge in [0.15, 0.2) is 11.7 Å². The highest BCUT2D eigenvalue weighted by molar-refractivity contribution is 5.49. The topological polar surface area (TPSA) is 55.9 Å². The number of aryl methyl sites for hydroxylation is 1. The number of oxazole rings is 1. The number of hydrogen-bond donors (Lipinski definition) is 1. The molecule has 0 atom stereocenters. The highest BCUT2D eigenvalue weighted by Crippen LogP contribution is 2.17. The minimum atomic E-state index is 0.729. The van der Waals surface area contributed by atoms with Crippen molar-refractivity contribution in [3.8, 4) is 11.5 Å². The summed E-state index contributed by atoms with van der Waals surface area (Å²) in [6.45, 7) is 3.93. The molecule has 0 spiro atoms. The van der Waals surface area contributed by atoms with Gasteiger partial charge >= 0.3 is 0 Å². The summed E-state index contributed by atoms with van der Waals surface area (Å²) in [5.41, 5.74) is 0.824. The van der Waals surface area contributed by atoms with Crippen molar-refractivity contribution in [3.63, 3.8) is 0 Å². The van der Waals surface area contributed by atoms with Crippen molar-refractivity contribution in [2.75, 3.05) is 13.1 Å². The molecule has 2 aromatic heterocycles. The molecule has 2 aromatic rings. The van der Waals surface area contributed by atoms with Gasteiger partial charge in [-0.1, -0.05) is 6.92 Å². The van der Waals surface area contributed by atoms with Crippen molar-refractivity contribution in [2.24, 2.45) is 7.05 Å². The van der Waals surface area contributed by atoms with E-state index in [1.807, 2.05) is 19.3 Å². The molecule has 1 N–H and O–H groups in total. The number of hydrogen-bond acceptors (Lipinski definition) is 4. The fourth-order valence-corrected chi connectivity index (χ4v) is 1.46. The molecule has 0 unspecified atom stereocenters. The number of aromatic nitrogens is 3. The van der Waals surface area contributed by atoms with Crippen molar-refractivity contribution in [1.82, 2.24) is 20.1 Å². The van der Waals surface area contributed by atoms with Crippen molar-refractivity contribution >= 4 is 0 Å². The number of nitrogens with zero attached hydrogens (tertiary/aromatic N) is 3. The standard InChI is InChI=1S/C11H16N4O/c1-3-12-6-4-11-13-8-10(16-11)9-5-7-15(2)14-9/h5,7-8,12H,3-4,6H2,1-2H3. The molecule has 0 saturated carbocycles.